The molecule has 0 bridgehead atoms. The normalized spacial score (nSPS) is 19.8. The number of rotatable bonds is 5. The third-order valence-corrected chi connectivity index (χ3v) is 5.51. The van der Waals surface area contributed by atoms with Crippen LogP contribution in [0.4, 0.5) is 0 Å². The number of H-pyrrole nitrogens is 1. The summed E-state index contributed by atoms with van der Waals surface area (Å²) in [5.74, 6) is 0.974. The lowest BCUT2D eigenvalue weighted by Crippen LogP contribution is -2.23. The van der Waals surface area contributed by atoms with E-state index in [-0.39, 0.29) is 12.4 Å². The molecule has 0 spiro atoms. The van der Waals surface area contributed by atoms with Crippen molar-refractivity contribution in [3.63, 3.8) is 0 Å². The molecule has 2 heterocycles. The molecule has 1 aromatic heterocycles. The summed E-state index contributed by atoms with van der Waals surface area (Å²) in [4.78, 5) is 2.48. The van der Waals surface area contributed by atoms with Crippen molar-refractivity contribution in [3.05, 3.63) is 76.9 Å². The highest BCUT2D eigenvalue weighted by atomic mass is 35.5. The molecular weight excluding hydrogens is 379 g/mol. The summed E-state index contributed by atoms with van der Waals surface area (Å²) in [6, 6.07) is 18.6. The van der Waals surface area contributed by atoms with E-state index >= 15 is 0 Å². The first-order valence-electron chi connectivity index (χ1n) is 9.00. The van der Waals surface area contributed by atoms with E-state index in [1.165, 1.54) is 11.1 Å². The number of benzene rings is 2. The minimum Gasteiger partial charge on any atom is -0.330 e. The van der Waals surface area contributed by atoms with Gasteiger partial charge in [-0.15, -0.1) is 12.4 Å². The molecule has 1 saturated heterocycles. The number of aromatic nitrogens is 2. The van der Waals surface area contributed by atoms with Gasteiger partial charge >= 0.3 is 0 Å². The predicted octanol–water partition coefficient (Wildman–Crippen LogP) is 4.33. The summed E-state index contributed by atoms with van der Waals surface area (Å²) in [5, 5.41) is 8.13. The summed E-state index contributed by atoms with van der Waals surface area (Å²) in [6.07, 6.45) is 1.92. The van der Waals surface area contributed by atoms with Crippen LogP contribution in [-0.2, 0) is 6.54 Å². The van der Waals surface area contributed by atoms with Gasteiger partial charge < -0.3 is 5.73 Å². The predicted molar refractivity (Wildman–Crippen MR) is 113 cm³/mol. The Morgan fingerprint density at radius 3 is 2.67 bits per heavy atom. The molecule has 0 saturated carbocycles. The van der Waals surface area contributed by atoms with E-state index in [0.717, 1.165) is 35.9 Å². The van der Waals surface area contributed by atoms with Crippen LogP contribution in [0.1, 0.15) is 17.0 Å². The molecule has 3 aromatic rings. The van der Waals surface area contributed by atoms with E-state index in [9.17, 15) is 0 Å². The first-order chi connectivity index (χ1) is 12.7. The molecule has 0 radical (unpaired) electrons. The van der Waals surface area contributed by atoms with Crippen LogP contribution in [0.15, 0.2) is 60.8 Å². The van der Waals surface area contributed by atoms with Crippen molar-refractivity contribution in [1.82, 2.24) is 15.1 Å². The summed E-state index contributed by atoms with van der Waals surface area (Å²) in [7, 11) is 0. The van der Waals surface area contributed by atoms with Crippen molar-refractivity contribution in [3.8, 4) is 11.3 Å². The maximum atomic E-state index is 6.15. The van der Waals surface area contributed by atoms with Crippen molar-refractivity contribution in [1.29, 1.82) is 0 Å². The zero-order chi connectivity index (χ0) is 17.9. The Balaban J connectivity index is 0.00000210. The standard InChI is InChI=1S/C21H23ClN4.ClH/c22-19-8-4-7-16(9-19)21-18(11-24-25-21)13-26-12-17(10-23)20(14-26)15-5-2-1-3-6-15;/h1-9,11,17,20H,10,12-14,23H2,(H,24,25);1H/t17-,20+;/m1./s1. The number of hydrogen-bond acceptors (Lipinski definition) is 3. The Morgan fingerprint density at radius 2 is 1.93 bits per heavy atom. The third kappa shape index (κ3) is 4.36. The summed E-state index contributed by atoms with van der Waals surface area (Å²) >= 11 is 6.15. The molecule has 27 heavy (non-hydrogen) atoms. The largest absolute Gasteiger partial charge is 0.330 e. The van der Waals surface area contributed by atoms with Gasteiger partial charge in [0.2, 0.25) is 0 Å². The number of aromatic amines is 1. The summed E-state index contributed by atoms with van der Waals surface area (Å²) in [5.41, 5.74) is 10.8. The van der Waals surface area contributed by atoms with Crippen LogP contribution < -0.4 is 5.73 Å². The van der Waals surface area contributed by atoms with Crippen molar-refractivity contribution in [2.45, 2.75) is 12.5 Å². The van der Waals surface area contributed by atoms with Crippen molar-refractivity contribution < 1.29 is 0 Å². The SMILES string of the molecule is Cl.NC[C@@H]1CN(Cc2cn[nH]c2-c2cccc(Cl)c2)C[C@H]1c1ccccc1. The van der Waals surface area contributed by atoms with Gasteiger partial charge in [-0.2, -0.15) is 5.10 Å². The number of likely N-dealkylation sites (tertiary alicyclic amines) is 1. The molecule has 2 atom stereocenters. The van der Waals surface area contributed by atoms with Gasteiger partial charge in [-0.25, -0.2) is 0 Å². The average molecular weight is 403 g/mol. The van der Waals surface area contributed by atoms with E-state index in [1.807, 2.05) is 24.4 Å². The van der Waals surface area contributed by atoms with Crippen LogP contribution in [0.2, 0.25) is 5.02 Å². The van der Waals surface area contributed by atoms with Crippen LogP contribution in [-0.4, -0.2) is 34.7 Å². The van der Waals surface area contributed by atoms with E-state index in [0.29, 0.717) is 18.4 Å². The van der Waals surface area contributed by atoms with Gasteiger partial charge in [0.1, 0.15) is 0 Å². The highest BCUT2D eigenvalue weighted by molar-refractivity contribution is 6.30. The van der Waals surface area contributed by atoms with Crippen LogP contribution in [0, 0.1) is 5.92 Å². The molecule has 2 aromatic carbocycles. The van der Waals surface area contributed by atoms with Gasteiger partial charge in [-0.1, -0.05) is 54.1 Å². The molecule has 1 aliphatic heterocycles. The van der Waals surface area contributed by atoms with Gasteiger partial charge in [0.25, 0.3) is 0 Å². The van der Waals surface area contributed by atoms with E-state index < -0.39 is 0 Å². The van der Waals surface area contributed by atoms with Crippen LogP contribution in [0.3, 0.4) is 0 Å². The fourth-order valence-electron chi connectivity index (χ4n) is 3.97. The maximum Gasteiger partial charge on any atom is 0.0695 e. The number of nitrogens with one attached hydrogen (secondary N) is 1. The zero-order valence-corrected chi connectivity index (χ0v) is 16.6. The highest BCUT2D eigenvalue weighted by Crippen LogP contribution is 2.34. The van der Waals surface area contributed by atoms with Crippen molar-refractivity contribution >= 4 is 24.0 Å². The van der Waals surface area contributed by atoms with Gasteiger partial charge in [-0.05, 0) is 30.2 Å². The van der Waals surface area contributed by atoms with Crippen LogP contribution >= 0.6 is 24.0 Å². The third-order valence-electron chi connectivity index (χ3n) is 5.27. The molecular formula is C21H24Cl2N4. The fraction of sp³-hybridized carbons (Fsp3) is 0.286. The van der Waals surface area contributed by atoms with Crippen LogP contribution in [0.25, 0.3) is 11.3 Å². The molecule has 4 nitrogen and oxygen atoms in total. The molecule has 0 unspecified atom stereocenters. The van der Waals surface area contributed by atoms with Gasteiger partial charge in [0, 0.05) is 41.7 Å². The van der Waals surface area contributed by atoms with Gasteiger partial charge in [-0.3, -0.25) is 10.00 Å². The molecule has 3 N–H and O–H groups in total. The molecule has 1 aliphatic rings. The van der Waals surface area contributed by atoms with Crippen molar-refractivity contribution in [2.24, 2.45) is 11.7 Å². The number of nitrogens with zero attached hydrogens (tertiary/aromatic N) is 2. The molecule has 0 amide bonds. The van der Waals surface area contributed by atoms with Gasteiger partial charge in [0.05, 0.1) is 11.9 Å². The Labute approximate surface area is 171 Å². The Kier molecular flexibility index (Phi) is 6.55. The first kappa shape index (κ1) is 19.9. The minimum atomic E-state index is 0. The fourth-order valence-corrected chi connectivity index (χ4v) is 4.16. The van der Waals surface area contributed by atoms with E-state index in [4.69, 9.17) is 17.3 Å². The monoisotopic (exact) mass is 402 g/mol. The highest BCUT2D eigenvalue weighted by Gasteiger charge is 2.33. The first-order valence-corrected chi connectivity index (χ1v) is 9.38. The second-order valence-electron chi connectivity index (χ2n) is 6.99. The number of nitrogens with two attached hydrogens (primary N) is 1. The topological polar surface area (TPSA) is 57.9 Å². The molecule has 6 heteroatoms. The molecule has 1 fully saturated rings. The molecule has 0 aliphatic carbocycles. The lowest BCUT2D eigenvalue weighted by molar-refractivity contribution is 0.317. The van der Waals surface area contributed by atoms with Crippen LogP contribution in [0.5, 0.6) is 0 Å². The Hall–Kier alpha value is -1.85. The molecule has 4 rings (SSSR count). The summed E-state index contributed by atoms with van der Waals surface area (Å²) in [6.45, 7) is 3.60. The number of hydrogen-bond donors (Lipinski definition) is 2. The second-order valence-corrected chi connectivity index (χ2v) is 7.42. The van der Waals surface area contributed by atoms with Crippen molar-refractivity contribution in [2.75, 3.05) is 19.6 Å². The van der Waals surface area contributed by atoms with E-state index in [1.54, 1.807) is 0 Å². The van der Waals surface area contributed by atoms with E-state index in [2.05, 4.69) is 51.5 Å². The lowest BCUT2D eigenvalue weighted by Gasteiger charge is -2.17. The molecule has 142 valence electrons. The maximum absolute atomic E-state index is 6.15. The lowest BCUT2D eigenvalue weighted by atomic mass is 9.89. The number of halogens is 2. The quantitative estimate of drug-likeness (QED) is 0.667. The smallest absolute Gasteiger partial charge is 0.0695 e. The Morgan fingerprint density at radius 1 is 1.11 bits per heavy atom. The zero-order valence-electron chi connectivity index (χ0n) is 15.0. The summed E-state index contributed by atoms with van der Waals surface area (Å²) < 4.78 is 0. The van der Waals surface area contributed by atoms with Gasteiger partial charge in [0.15, 0.2) is 0 Å². The second kappa shape index (κ2) is 8.89. The minimum absolute atomic E-state index is 0. The Bertz CT molecular complexity index is 865. The average Bonchev–Trinajstić information content (AvgIpc) is 3.29.